The van der Waals surface area contributed by atoms with Gasteiger partial charge >= 0.3 is 0 Å². The quantitative estimate of drug-likeness (QED) is 0.0815. The van der Waals surface area contributed by atoms with Gasteiger partial charge in [0.1, 0.15) is 22.7 Å². The van der Waals surface area contributed by atoms with Crippen LogP contribution in [0.15, 0.2) is 42.5 Å². The van der Waals surface area contributed by atoms with Gasteiger partial charge in [-0.2, -0.15) is 10.2 Å². The van der Waals surface area contributed by atoms with E-state index in [2.05, 4.69) is 31.0 Å². The van der Waals surface area contributed by atoms with Crippen LogP contribution in [0.2, 0.25) is 0 Å². The van der Waals surface area contributed by atoms with Gasteiger partial charge < -0.3 is 36.4 Å². The fraction of sp³-hybridized carbons (Fsp3) is 0.381. The highest BCUT2D eigenvalue weighted by atomic mass is 16.5. The molecule has 0 radical (unpaired) electrons. The molecule has 0 unspecified atom stereocenters. The lowest BCUT2D eigenvalue weighted by atomic mass is 10.0. The van der Waals surface area contributed by atoms with Crippen molar-refractivity contribution in [1.82, 2.24) is 48.9 Å². The maximum absolute atomic E-state index is 13.9. The lowest BCUT2D eigenvalue weighted by molar-refractivity contribution is 0.0992. The first-order chi connectivity index (χ1) is 29.8. The first kappa shape index (κ1) is 41.7. The average molecular weight is 846 g/mol. The number of hydrogen-bond acceptors (Lipinski definition) is 12. The van der Waals surface area contributed by atoms with Gasteiger partial charge in [0.15, 0.2) is 0 Å². The molecule has 2 atom stereocenters. The number of ether oxygens (including phenoxy) is 1. The zero-order valence-electron chi connectivity index (χ0n) is 35.4. The second-order valence-electron chi connectivity index (χ2n) is 15.8. The summed E-state index contributed by atoms with van der Waals surface area (Å²) >= 11 is 0. The van der Waals surface area contributed by atoms with Gasteiger partial charge in [-0.1, -0.05) is 12.2 Å². The number of nitrogens with zero attached hydrogens (tertiary/aromatic N) is 9. The van der Waals surface area contributed by atoms with E-state index in [0.717, 1.165) is 37.3 Å². The van der Waals surface area contributed by atoms with Crippen molar-refractivity contribution < 1.29 is 23.9 Å². The molecule has 0 spiro atoms. The predicted molar refractivity (Wildman–Crippen MR) is 233 cm³/mol. The Kier molecular flexibility index (Phi) is 11.3. The number of benzene rings is 2. The van der Waals surface area contributed by atoms with Crippen LogP contribution in [0.3, 0.4) is 0 Å². The summed E-state index contributed by atoms with van der Waals surface area (Å²) in [6.45, 7) is 12.9. The zero-order chi connectivity index (χ0) is 44.0. The molecule has 20 heteroatoms. The SMILES string of the molecule is CCn1nc(C)cc1C(=O)Nc1nc2cc(C(N)=O)cc(CN3C[C@H]4CNC[C@H]4C3)c2n1C/C=C/Cn1c(NC(=O)c2c(N)c(C)nn2CC)nc2cc(C(N)=O)cc(OC)c21. The average Bonchev–Trinajstić information content (AvgIpc) is 4.09. The predicted octanol–water partition coefficient (Wildman–Crippen LogP) is 2.64. The molecule has 0 aliphatic carbocycles. The Morgan fingerprint density at radius 1 is 0.806 bits per heavy atom. The van der Waals surface area contributed by atoms with Crippen molar-refractivity contribution >= 4 is 63.3 Å². The number of imidazole rings is 2. The number of amides is 4. The van der Waals surface area contributed by atoms with Gasteiger partial charge in [0.2, 0.25) is 23.7 Å². The standard InChI is InChI=1S/C42H51N15O5/c1-6-56-31(12-22(3)51-56)39(60)49-41-47-29-14-24(37(44)58)13-26(19-53-20-27-17-46-18-28(27)21-53)34(29)54(41)10-8-9-11-55-35-30(15-25(38(45)59)16-32(35)62-5)48-42(55)50-40(61)36-33(43)23(4)52-57(36)7-2/h8-9,12-16,27-28,46H,6-7,10-11,17-21,43H2,1-5H3,(H2,44,58)(H2,45,59)(H,47,49,60)(H,48,50,61)/b9-8+/t27-,28+. The largest absolute Gasteiger partial charge is 0.494 e. The summed E-state index contributed by atoms with van der Waals surface area (Å²) in [4.78, 5) is 64.6. The van der Waals surface area contributed by atoms with Gasteiger partial charge in [0.25, 0.3) is 11.8 Å². The molecule has 6 heterocycles. The first-order valence-electron chi connectivity index (χ1n) is 20.6. The molecule has 9 N–H and O–H groups in total. The Balaban J connectivity index is 1.18. The molecule has 2 aliphatic rings. The molecule has 2 aromatic carbocycles. The number of aryl methyl sites for hydroxylation is 4. The smallest absolute Gasteiger partial charge is 0.278 e. The van der Waals surface area contributed by atoms with Crippen LogP contribution >= 0.6 is 0 Å². The summed E-state index contributed by atoms with van der Waals surface area (Å²) in [6, 6.07) is 8.25. The minimum atomic E-state index is -0.669. The number of nitrogen functional groups attached to an aromatic ring is 1. The Morgan fingerprint density at radius 2 is 1.39 bits per heavy atom. The van der Waals surface area contributed by atoms with Crippen LogP contribution in [0.4, 0.5) is 17.6 Å². The van der Waals surface area contributed by atoms with Crippen molar-refractivity contribution in [1.29, 1.82) is 0 Å². The van der Waals surface area contributed by atoms with Gasteiger partial charge in [0, 0.05) is 56.9 Å². The van der Waals surface area contributed by atoms with Crippen molar-refractivity contribution in [3.8, 4) is 5.75 Å². The number of nitrogens with one attached hydrogen (secondary N) is 3. The molecule has 0 saturated carbocycles. The molecule has 2 aliphatic heterocycles. The molecule has 6 aromatic rings. The zero-order valence-corrected chi connectivity index (χ0v) is 35.4. The maximum atomic E-state index is 13.9. The second kappa shape index (κ2) is 16.8. The van der Waals surface area contributed by atoms with E-state index in [4.69, 9.17) is 31.9 Å². The third kappa shape index (κ3) is 7.73. The topological polar surface area (TPSA) is 266 Å². The molecular weight excluding hydrogens is 795 g/mol. The number of methoxy groups -OCH3 is 1. The van der Waals surface area contributed by atoms with Gasteiger partial charge in [-0.25, -0.2) is 9.97 Å². The summed E-state index contributed by atoms with van der Waals surface area (Å²) in [5.41, 5.74) is 23.3. The highest BCUT2D eigenvalue weighted by Crippen LogP contribution is 2.33. The number of allylic oxidation sites excluding steroid dienone is 2. The van der Waals surface area contributed by atoms with Crippen molar-refractivity contribution in [3.63, 3.8) is 0 Å². The third-order valence-electron chi connectivity index (χ3n) is 11.7. The van der Waals surface area contributed by atoms with E-state index in [-0.39, 0.29) is 41.9 Å². The van der Waals surface area contributed by atoms with E-state index in [0.29, 0.717) is 76.4 Å². The van der Waals surface area contributed by atoms with Crippen LogP contribution in [-0.4, -0.2) is 100 Å². The number of carbonyl (C=O) groups excluding carboxylic acids is 4. The van der Waals surface area contributed by atoms with E-state index >= 15 is 0 Å². The Hall–Kier alpha value is -7.06. The number of hydrogen-bond donors (Lipinski definition) is 6. The molecule has 20 nitrogen and oxygen atoms in total. The number of primary amides is 2. The van der Waals surface area contributed by atoms with Crippen molar-refractivity contribution in [2.45, 2.75) is 60.4 Å². The maximum Gasteiger partial charge on any atom is 0.278 e. The van der Waals surface area contributed by atoms with Gasteiger partial charge in [-0.05, 0) is 88.5 Å². The van der Waals surface area contributed by atoms with E-state index in [9.17, 15) is 19.2 Å². The number of rotatable bonds is 15. The van der Waals surface area contributed by atoms with Crippen LogP contribution in [-0.2, 0) is 32.7 Å². The van der Waals surface area contributed by atoms with E-state index < -0.39 is 23.6 Å². The van der Waals surface area contributed by atoms with Crippen LogP contribution < -0.4 is 37.9 Å². The monoisotopic (exact) mass is 845 g/mol. The molecule has 8 rings (SSSR count). The van der Waals surface area contributed by atoms with Gasteiger partial charge in [-0.3, -0.25) is 44.1 Å². The summed E-state index contributed by atoms with van der Waals surface area (Å²) in [6.07, 6.45) is 3.79. The molecule has 4 amide bonds. The summed E-state index contributed by atoms with van der Waals surface area (Å²) < 4.78 is 12.5. The highest BCUT2D eigenvalue weighted by molar-refractivity contribution is 6.07. The highest BCUT2D eigenvalue weighted by Gasteiger charge is 2.36. The van der Waals surface area contributed by atoms with Gasteiger partial charge in [0.05, 0.1) is 40.7 Å². The van der Waals surface area contributed by atoms with Crippen LogP contribution in [0.1, 0.15) is 72.5 Å². The molecule has 2 fully saturated rings. The lowest BCUT2D eigenvalue weighted by Crippen LogP contribution is -2.26. The normalized spacial score (nSPS) is 16.5. The fourth-order valence-corrected chi connectivity index (χ4v) is 8.73. The van der Waals surface area contributed by atoms with Crippen molar-refractivity contribution in [2.24, 2.45) is 23.3 Å². The minimum Gasteiger partial charge on any atom is -0.494 e. The van der Waals surface area contributed by atoms with Crippen molar-refractivity contribution in [2.75, 3.05) is 49.7 Å². The van der Waals surface area contributed by atoms with E-state index in [1.165, 1.54) is 23.9 Å². The summed E-state index contributed by atoms with van der Waals surface area (Å²) in [5.74, 6) is -0.331. The van der Waals surface area contributed by atoms with E-state index in [1.807, 2.05) is 43.6 Å². The summed E-state index contributed by atoms with van der Waals surface area (Å²) in [7, 11) is 1.47. The Bertz CT molecular complexity index is 2780. The number of aromatic nitrogens is 8. The minimum absolute atomic E-state index is 0.159. The molecule has 324 valence electrons. The Morgan fingerprint density at radius 3 is 1.98 bits per heavy atom. The molecule has 2 saturated heterocycles. The number of fused-ring (bicyclic) bond motifs is 3. The van der Waals surface area contributed by atoms with E-state index in [1.54, 1.807) is 28.3 Å². The third-order valence-corrected chi connectivity index (χ3v) is 11.7. The number of carbonyl (C=O) groups is 4. The number of nitrogens with two attached hydrogens (primary N) is 3. The van der Waals surface area contributed by atoms with Crippen molar-refractivity contribution in [3.05, 3.63) is 81.9 Å². The first-order valence-corrected chi connectivity index (χ1v) is 20.6. The van der Waals surface area contributed by atoms with Crippen LogP contribution in [0.25, 0.3) is 22.1 Å². The number of anilines is 3. The van der Waals surface area contributed by atoms with Gasteiger partial charge in [-0.15, -0.1) is 0 Å². The Labute approximate surface area is 356 Å². The van der Waals surface area contributed by atoms with Crippen LogP contribution in [0.5, 0.6) is 5.75 Å². The summed E-state index contributed by atoms with van der Waals surface area (Å²) in [5, 5.41) is 18.3. The molecule has 0 bridgehead atoms. The van der Waals surface area contributed by atoms with Crippen LogP contribution in [0, 0.1) is 25.7 Å². The second-order valence-corrected chi connectivity index (χ2v) is 15.8. The molecule has 4 aromatic heterocycles. The molecule has 62 heavy (non-hydrogen) atoms. The number of likely N-dealkylation sites (tertiary alicyclic amines) is 1. The molecular formula is C42H51N15O5. The fourth-order valence-electron chi connectivity index (χ4n) is 8.73. The lowest BCUT2D eigenvalue weighted by Gasteiger charge is -2.19.